The third-order valence-corrected chi connectivity index (χ3v) is 5.13. The molecule has 1 rings (SSSR count). The fourth-order valence-electron chi connectivity index (χ4n) is 3.25. The SMILES string of the molecule is CCCCC/C=C\CC/C=C/C[C@H](O)C/C=C\CCC(C(=O)OC)C1CC1. The number of hydrogen-bond donors (Lipinski definition) is 1. The van der Waals surface area contributed by atoms with E-state index in [0.717, 1.165) is 38.5 Å². The largest absolute Gasteiger partial charge is 0.469 e. The summed E-state index contributed by atoms with van der Waals surface area (Å²) >= 11 is 0. The predicted octanol–water partition coefficient (Wildman–Crippen LogP) is 6.14. The Labute approximate surface area is 166 Å². The summed E-state index contributed by atoms with van der Waals surface area (Å²) in [6.45, 7) is 2.23. The molecular formula is C24H40O3. The number of allylic oxidation sites excluding steroid dienone is 4. The van der Waals surface area contributed by atoms with Crippen molar-refractivity contribution in [2.24, 2.45) is 11.8 Å². The van der Waals surface area contributed by atoms with Gasteiger partial charge in [-0.1, -0.05) is 56.2 Å². The highest BCUT2D eigenvalue weighted by Gasteiger charge is 2.36. The molecule has 2 atom stereocenters. The lowest BCUT2D eigenvalue weighted by molar-refractivity contribution is -0.146. The number of rotatable bonds is 16. The van der Waals surface area contributed by atoms with E-state index >= 15 is 0 Å². The molecule has 0 bridgehead atoms. The Hall–Kier alpha value is -1.35. The second-order valence-corrected chi connectivity index (χ2v) is 7.66. The van der Waals surface area contributed by atoms with Gasteiger partial charge in [0, 0.05) is 0 Å². The summed E-state index contributed by atoms with van der Waals surface area (Å²) in [6.07, 6.45) is 25.3. The van der Waals surface area contributed by atoms with Crippen LogP contribution >= 0.6 is 0 Å². The summed E-state index contributed by atoms with van der Waals surface area (Å²) in [5.74, 6) is 0.535. The van der Waals surface area contributed by atoms with Gasteiger partial charge in [-0.15, -0.1) is 0 Å². The molecule has 1 saturated carbocycles. The van der Waals surface area contributed by atoms with Gasteiger partial charge in [-0.2, -0.15) is 0 Å². The molecule has 1 aliphatic carbocycles. The van der Waals surface area contributed by atoms with Crippen LogP contribution in [0, 0.1) is 11.8 Å². The molecule has 27 heavy (non-hydrogen) atoms. The van der Waals surface area contributed by atoms with Crippen molar-refractivity contribution in [2.75, 3.05) is 7.11 Å². The van der Waals surface area contributed by atoms with Crippen molar-refractivity contribution in [1.29, 1.82) is 0 Å². The van der Waals surface area contributed by atoms with Crippen LogP contribution < -0.4 is 0 Å². The average Bonchev–Trinajstić information content (AvgIpc) is 3.50. The number of aliphatic hydroxyl groups is 1. The molecule has 3 heteroatoms. The van der Waals surface area contributed by atoms with Crippen molar-refractivity contribution in [3.8, 4) is 0 Å². The molecule has 0 heterocycles. The van der Waals surface area contributed by atoms with Gasteiger partial charge < -0.3 is 9.84 Å². The third-order valence-electron chi connectivity index (χ3n) is 5.13. The van der Waals surface area contributed by atoms with Crippen molar-refractivity contribution >= 4 is 5.97 Å². The standard InChI is InChI=1S/C24H40O3/c1-3-4-5-6-7-8-9-10-11-13-16-22(25)17-14-12-15-18-23(21-19-20-21)24(26)27-2/h7-8,11-14,21-23,25H,3-6,9-10,15-20H2,1-2H3/b8-7-,13-11+,14-12-/t22-,23?/m0/s1. The van der Waals surface area contributed by atoms with Gasteiger partial charge >= 0.3 is 5.97 Å². The molecule has 0 radical (unpaired) electrons. The first-order chi connectivity index (χ1) is 13.2. The molecule has 1 fully saturated rings. The topological polar surface area (TPSA) is 46.5 Å². The van der Waals surface area contributed by atoms with Gasteiger partial charge in [-0.05, 0) is 70.1 Å². The fraction of sp³-hybridized carbons (Fsp3) is 0.708. The van der Waals surface area contributed by atoms with Gasteiger partial charge in [0.25, 0.3) is 0 Å². The molecule has 0 aromatic carbocycles. The second kappa shape index (κ2) is 15.7. The average molecular weight is 377 g/mol. The number of esters is 1. The van der Waals surface area contributed by atoms with Crippen LogP contribution in [0.2, 0.25) is 0 Å². The number of methoxy groups -OCH3 is 1. The van der Waals surface area contributed by atoms with E-state index < -0.39 is 0 Å². The minimum absolute atomic E-state index is 0.0631. The Balaban J connectivity index is 2.03. The molecule has 0 aliphatic heterocycles. The van der Waals surface area contributed by atoms with Gasteiger partial charge in [0.15, 0.2) is 0 Å². The zero-order chi connectivity index (χ0) is 19.7. The van der Waals surface area contributed by atoms with E-state index in [0.29, 0.717) is 18.8 Å². The first-order valence-electron chi connectivity index (χ1n) is 10.9. The lowest BCUT2D eigenvalue weighted by Gasteiger charge is -2.12. The van der Waals surface area contributed by atoms with Gasteiger partial charge in [0.2, 0.25) is 0 Å². The Morgan fingerprint density at radius 2 is 1.56 bits per heavy atom. The van der Waals surface area contributed by atoms with E-state index in [4.69, 9.17) is 4.74 Å². The molecule has 1 aliphatic rings. The Bertz CT molecular complexity index is 460. The Morgan fingerprint density at radius 3 is 2.15 bits per heavy atom. The number of ether oxygens (including phenoxy) is 1. The third kappa shape index (κ3) is 12.6. The van der Waals surface area contributed by atoms with Crippen LogP contribution in [0.3, 0.4) is 0 Å². The lowest BCUT2D eigenvalue weighted by Crippen LogP contribution is -2.17. The zero-order valence-corrected chi connectivity index (χ0v) is 17.4. The highest BCUT2D eigenvalue weighted by molar-refractivity contribution is 5.73. The van der Waals surface area contributed by atoms with Crippen molar-refractivity contribution in [2.45, 2.75) is 90.1 Å². The first kappa shape index (κ1) is 23.7. The van der Waals surface area contributed by atoms with E-state index in [1.165, 1.54) is 32.8 Å². The van der Waals surface area contributed by atoms with Crippen molar-refractivity contribution in [1.82, 2.24) is 0 Å². The van der Waals surface area contributed by atoms with Crippen LogP contribution in [0.4, 0.5) is 0 Å². The van der Waals surface area contributed by atoms with Crippen LogP contribution in [-0.4, -0.2) is 24.3 Å². The van der Waals surface area contributed by atoms with Crippen LogP contribution in [-0.2, 0) is 9.53 Å². The van der Waals surface area contributed by atoms with E-state index in [2.05, 4.69) is 37.3 Å². The van der Waals surface area contributed by atoms with Gasteiger partial charge in [0.05, 0.1) is 19.1 Å². The normalized spacial score (nSPS) is 17.1. The number of aliphatic hydroxyl groups excluding tert-OH is 1. The maximum atomic E-state index is 11.7. The minimum Gasteiger partial charge on any atom is -0.469 e. The Morgan fingerprint density at radius 1 is 0.963 bits per heavy atom. The molecule has 0 amide bonds. The van der Waals surface area contributed by atoms with Crippen LogP contribution in [0.5, 0.6) is 0 Å². The minimum atomic E-state index is -0.318. The number of hydrogen-bond acceptors (Lipinski definition) is 3. The molecular weight excluding hydrogens is 336 g/mol. The van der Waals surface area contributed by atoms with E-state index in [1.54, 1.807) is 0 Å². The highest BCUT2D eigenvalue weighted by Crippen LogP contribution is 2.39. The molecule has 154 valence electrons. The molecule has 1 unspecified atom stereocenters. The number of carbonyl (C=O) groups is 1. The summed E-state index contributed by atoms with van der Waals surface area (Å²) in [6, 6.07) is 0. The fourth-order valence-corrected chi connectivity index (χ4v) is 3.25. The van der Waals surface area contributed by atoms with Gasteiger partial charge in [-0.3, -0.25) is 4.79 Å². The molecule has 1 N–H and O–H groups in total. The van der Waals surface area contributed by atoms with Gasteiger partial charge in [-0.25, -0.2) is 0 Å². The summed E-state index contributed by atoms with van der Waals surface area (Å²) in [7, 11) is 1.47. The maximum absolute atomic E-state index is 11.7. The monoisotopic (exact) mass is 376 g/mol. The quantitative estimate of drug-likeness (QED) is 0.200. The smallest absolute Gasteiger partial charge is 0.308 e. The second-order valence-electron chi connectivity index (χ2n) is 7.66. The maximum Gasteiger partial charge on any atom is 0.308 e. The molecule has 0 spiro atoms. The summed E-state index contributed by atoms with van der Waals surface area (Å²) in [5.41, 5.74) is 0. The zero-order valence-electron chi connectivity index (χ0n) is 17.4. The van der Waals surface area contributed by atoms with Crippen molar-refractivity contribution < 1.29 is 14.6 Å². The first-order valence-corrected chi connectivity index (χ1v) is 10.9. The number of carbonyl (C=O) groups excluding carboxylic acids is 1. The predicted molar refractivity (Wildman–Crippen MR) is 114 cm³/mol. The molecule has 0 aromatic rings. The highest BCUT2D eigenvalue weighted by atomic mass is 16.5. The van der Waals surface area contributed by atoms with Gasteiger partial charge in [0.1, 0.15) is 0 Å². The van der Waals surface area contributed by atoms with Crippen LogP contribution in [0.15, 0.2) is 36.5 Å². The molecule has 3 nitrogen and oxygen atoms in total. The number of unbranched alkanes of at least 4 members (excludes halogenated alkanes) is 4. The Kier molecular flexibility index (Phi) is 13.8. The lowest BCUT2D eigenvalue weighted by atomic mass is 9.97. The van der Waals surface area contributed by atoms with Crippen LogP contribution in [0.25, 0.3) is 0 Å². The van der Waals surface area contributed by atoms with E-state index in [-0.39, 0.29) is 18.0 Å². The van der Waals surface area contributed by atoms with Crippen molar-refractivity contribution in [3.05, 3.63) is 36.5 Å². The molecule has 0 saturated heterocycles. The van der Waals surface area contributed by atoms with Crippen molar-refractivity contribution in [3.63, 3.8) is 0 Å². The summed E-state index contributed by atoms with van der Waals surface area (Å²) < 4.78 is 4.90. The van der Waals surface area contributed by atoms with E-state index in [9.17, 15) is 9.90 Å². The van der Waals surface area contributed by atoms with Crippen LogP contribution in [0.1, 0.15) is 84.0 Å². The molecule has 0 aromatic heterocycles. The summed E-state index contributed by atoms with van der Waals surface area (Å²) in [5, 5.41) is 10.0. The summed E-state index contributed by atoms with van der Waals surface area (Å²) in [4.78, 5) is 11.7. The van der Waals surface area contributed by atoms with E-state index in [1.807, 2.05) is 6.08 Å².